The van der Waals surface area contributed by atoms with Crippen LogP contribution in [0.4, 0.5) is 0 Å². The number of carboxylic acid groups (broad SMARTS) is 1. The molecule has 0 spiro atoms. The molecule has 0 saturated heterocycles. The molecule has 1 fully saturated rings. The van der Waals surface area contributed by atoms with E-state index in [2.05, 4.69) is 0 Å². The van der Waals surface area contributed by atoms with Gasteiger partial charge in [0.25, 0.3) is 0 Å². The largest absolute Gasteiger partial charge is 0.491 e. The lowest BCUT2D eigenvalue weighted by atomic mass is 10.0. The average molecular weight is 300 g/mol. The maximum Gasteiger partial charge on any atom is 0.305 e. The van der Waals surface area contributed by atoms with Crippen molar-refractivity contribution in [3.05, 3.63) is 22.7 Å². The number of hydrogen-bond donors (Lipinski definition) is 2. The van der Waals surface area contributed by atoms with Gasteiger partial charge in [-0.15, -0.1) is 0 Å². The van der Waals surface area contributed by atoms with Crippen LogP contribution in [0.5, 0.6) is 11.5 Å². The molecule has 0 aliphatic heterocycles. The van der Waals surface area contributed by atoms with Gasteiger partial charge >= 0.3 is 5.97 Å². The summed E-state index contributed by atoms with van der Waals surface area (Å²) >= 11 is 6.14. The summed E-state index contributed by atoms with van der Waals surface area (Å²) in [6.07, 6.45) is 2.19. The SMILES string of the molecule is COc1c(Cl)cc(C(N)CC(=O)O)cc1OCC1CC1. The smallest absolute Gasteiger partial charge is 0.305 e. The Labute approximate surface area is 122 Å². The number of methoxy groups -OCH3 is 1. The molecule has 3 N–H and O–H groups in total. The van der Waals surface area contributed by atoms with E-state index in [-0.39, 0.29) is 6.42 Å². The van der Waals surface area contributed by atoms with Crippen LogP contribution in [-0.4, -0.2) is 24.8 Å². The Morgan fingerprint density at radius 2 is 2.25 bits per heavy atom. The van der Waals surface area contributed by atoms with E-state index in [4.69, 9.17) is 31.9 Å². The first-order valence-electron chi connectivity index (χ1n) is 6.49. The second-order valence-electron chi connectivity index (χ2n) is 4.99. The fourth-order valence-electron chi connectivity index (χ4n) is 1.91. The molecule has 1 aliphatic carbocycles. The zero-order valence-corrected chi connectivity index (χ0v) is 12.0. The van der Waals surface area contributed by atoms with E-state index in [9.17, 15) is 4.79 Å². The Morgan fingerprint density at radius 1 is 1.55 bits per heavy atom. The van der Waals surface area contributed by atoms with Crippen molar-refractivity contribution in [1.82, 2.24) is 0 Å². The fraction of sp³-hybridized carbons (Fsp3) is 0.500. The molecular weight excluding hydrogens is 282 g/mol. The van der Waals surface area contributed by atoms with Gasteiger partial charge < -0.3 is 20.3 Å². The van der Waals surface area contributed by atoms with Crippen LogP contribution in [0.3, 0.4) is 0 Å². The Balaban J connectivity index is 2.21. The van der Waals surface area contributed by atoms with E-state index >= 15 is 0 Å². The monoisotopic (exact) mass is 299 g/mol. The highest BCUT2D eigenvalue weighted by Crippen LogP contribution is 2.39. The van der Waals surface area contributed by atoms with Gasteiger partial charge in [0.2, 0.25) is 0 Å². The summed E-state index contributed by atoms with van der Waals surface area (Å²) < 4.78 is 10.9. The second kappa shape index (κ2) is 6.33. The molecule has 0 bridgehead atoms. The van der Waals surface area contributed by atoms with Crippen LogP contribution in [0.1, 0.15) is 30.9 Å². The maximum absolute atomic E-state index is 10.7. The van der Waals surface area contributed by atoms with E-state index in [1.165, 1.54) is 20.0 Å². The molecule has 110 valence electrons. The van der Waals surface area contributed by atoms with Crippen molar-refractivity contribution in [1.29, 1.82) is 0 Å². The lowest BCUT2D eigenvalue weighted by Gasteiger charge is -2.16. The first-order valence-corrected chi connectivity index (χ1v) is 6.86. The van der Waals surface area contributed by atoms with Gasteiger partial charge in [-0.1, -0.05) is 11.6 Å². The van der Waals surface area contributed by atoms with Gasteiger partial charge in [0.15, 0.2) is 11.5 Å². The summed E-state index contributed by atoms with van der Waals surface area (Å²) in [4.78, 5) is 10.7. The molecule has 1 unspecified atom stereocenters. The predicted molar refractivity (Wildman–Crippen MR) is 75.4 cm³/mol. The summed E-state index contributed by atoms with van der Waals surface area (Å²) in [5.74, 6) is 0.612. The molecule has 5 nitrogen and oxygen atoms in total. The number of hydrogen-bond acceptors (Lipinski definition) is 4. The molecule has 0 heterocycles. The summed E-state index contributed by atoms with van der Waals surface area (Å²) in [7, 11) is 1.52. The lowest BCUT2D eigenvalue weighted by Crippen LogP contribution is -2.15. The van der Waals surface area contributed by atoms with Crippen LogP contribution in [0.25, 0.3) is 0 Å². The first kappa shape index (κ1) is 14.9. The molecule has 1 aliphatic rings. The molecule has 0 radical (unpaired) electrons. The molecule has 20 heavy (non-hydrogen) atoms. The van der Waals surface area contributed by atoms with Gasteiger partial charge in [-0.25, -0.2) is 0 Å². The summed E-state index contributed by atoms with van der Waals surface area (Å²) in [5.41, 5.74) is 6.49. The Kier molecular flexibility index (Phi) is 4.73. The minimum atomic E-state index is -0.954. The highest BCUT2D eigenvalue weighted by Gasteiger charge is 2.24. The van der Waals surface area contributed by atoms with E-state index in [0.717, 1.165) is 0 Å². The molecule has 2 rings (SSSR count). The molecule has 1 saturated carbocycles. The van der Waals surface area contributed by atoms with Crippen LogP contribution in [0, 0.1) is 5.92 Å². The van der Waals surface area contributed by atoms with Crippen LogP contribution in [-0.2, 0) is 4.79 Å². The Morgan fingerprint density at radius 3 is 2.80 bits per heavy atom. The maximum atomic E-state index is 10.7. The minimum Gasteiger partial charge on any atom is -0.491 e. The topological polar surface area (TPSA) is 81.8 Å². The van der Waals surface area contributed by atoms with Gasteiger partial charge in [-0.3, -0.25) is 4.79 Å². The third kappa shape index (κ3) is 3.77. The van der Waals surface area contributed by atoms with Crippen molar-refractivity contribution in [3.8, 4) is 11.5 Å². The lowest BCUT2D eigenvalue weighted by molar-refractivity contribution is -0.137. The quantitative estimate of drug-likeness (QED) is 0.809. The minimum absolute atomic E-state index is 0.162. The highest BCUT2D eigenvalue weighted by molar-refractivity contribution is 6.32. The zero-order chi connectivity index (χ0) is 14.7. The third-order valence-electron chi connectivity index (χ3n) is 3.23. The van der Waals surface area contributed by atoms with Crippen LogP contribution < -0.4 is 15.2 Å². The van der Waals surface area contributed by atoms with Crippen molar-refractivity contribution in [3.63, 3.8) is 0 Å². The van der Waals surface area contributed by atoms with E-state index in [1.807, 2.05) is 0 Å². The molecular formula is C14H18ClNO4. The van der Waals surface area contributed by atoms with Crippen molar-refractivity contribution in [2.75, 3.05) is 13.7 Å². The number of carboxylic acids is 1. The number of aliphatic carboxylic acids is 1. The van der Waals surface area contributed by atoms with Crippen molar-refractivity contribution in [2.45, 2.75) is 25.3 Å². The first-order chi connectivity index (χ1) is 9.51. The zero-order valence-electron chi connectivity index (χ0n) is 11.3. The second-order valence-corrected chi connectivity index (χ2v) is 5.40. The van der Waals surface area contributed by atoms with Gasteiger partial charge in [-0.05, 0) is 36.5 Å². The van der Waals surface area contributed by atoms with Gasteiger partial charge in [0.05, 0.1) is 25.2 Å². The van der Waals surface area contributed by atoms with Crippen LogP contribution in [0.2, 0.25) is 5.02 Å². The molecule has 0 aromatic heterocycles. The van der Waals surface area contributed by atoms with Gasteiger partial charge in [0, 0.05) is 6.04 Å². The van der Waals surface area contributed by atoms with Gasteiger partial charge in [0.1, 0.15) is 0 Å². The molecule has 1 aromatic rings. The summed E-state index contributed by atoms with van der Waals surface area (Å²) in [6.45, 7) is 0.615. The fourth-order valence-corrected chi connectivity index (χ4v) is 2.20. The molecule has 1 atom stereocenters. The van der Waals surface area contributed by atoms with Crippen molar-refractivity contribution >= 4 is 17.6 Å². The van der Waals surface area contributed by atoms with Gasteiger partial charge in [-0.2, -0.15) is 0 Å². The van der Waals surface area contributed by atoms with E-state index in [0.29, 0.717) is 34.6 Å². The third-order valence-corrected chi connectivity index (χ3v) is 3.51. The average Bonchev–Trinajstić information content (AvgIpc) is 3.18. The highest BCUT2D eigenvalue weighted by atomic mass is 35.5. The number of benzene rings is 1. The van der Waals surface area contributed by atoms with Crippen LogP contribution in [0.15, 0.2) is 12.1 Å². The predicted octanol–water partition coefficient (Wildman–Crippen LogP) is 2.61. The Hall–Kier alpha value is -1.46. The molecule has 0 amide bonds. The molecule has 6 heteroatoms. The number of halogens is 1. The number of carbonyl (C=O) groups is 1. The molecule has 1 aromatic carbocycles. The van der Waals surface area contributed by atoms with Crippen molar-refractivity contribution < 1.29 is 19.4 Å². The number of nitrogens with two attached hydrogens (primary N) is 1. The van der Waals surface area contributed by atoms with Crippen molar-refractivity contribution in [2.24, 2.45) is 11.7 Å². The summed E-state index contributed by atoms with van der Waals surface area (Å²) in [6, 6.07) is 2.71. The number of rotatable bonds is 7. The normalized spacial score (nSPS) is 15.8. The standard InChI is InChI=1S/C14H18ClNO4/c1-19-14-10(15)4-9(11(16)6-13(17)18)5-12(14)20-7-8-2-3-8/h4-5,8,11H,2-3,6-7,16H2,1H3,(H,17,18). The summed E-state index contributed by atoms with van der Waals surface area (Å²) in [5, 5.41) is 9.17. The van der Waals surface area contributed by atoms with Crippen LogP contribution >= 0.6 is 11.6 Å². The number of ether oxygens (including phenoxy) is 2. The van der Waals surface area contributed by atoms with E-state index in [1.54, 1.807) is 12.1 Å². The van der Waals surface area contributed by atoms with E-state index < -0.39 is 12.0 Å². The Bertz CT molecular complexity index is 502.